The summed E-state index contributed by atoms with van der Waals surface area (Å²) in [5.41, 5.74) is 2.07. The minimum atomic E-state index is -0.505. The smallest absolute Gasteiger partial charge is 0.322 e. The molecule has 10 heteroatoms. The summed E-state index contributed by atoms with van der Waals surface area (Å²) in [5.74, 6) is 0.396. The van der Waals surface area contributed by atoms with Crippen molar-refractivity contribution >= 4 is 34.4 Å². The molecule has 186 valence electrons. The summed E-state index contributed by atoms with van der Waals surface area (Å²) in [6.07, 6.45) is 1.20. The van der Waals surface area contributed by atoms with E-state index in [4.69, 9.17) is 4.98 Å². The zero-order valence-electron chi connectivity index (χ0n) is 20.5. The number of imidazole rings is 1. The third kappa shape index (κ3) is 4.10. The first-order valence-corrected chi connectivity index (χ1v) is 11.8. The van der Waals surface area contributed by atoms with Gasteiger partial charge in [0, 0.05) is 31.5 Å². The second-order valence-corrected chi connectivity index (χ2v) is 9.16. The van der Waals surface area contributed by atoms with Gasteiger partial charge in [0.15, 0.2) is 11.2 Å². The first kappa shape index (κ1) is 23.8. The summed E-state index contributed by atoms with van der Waals surface area (Å²) in [5, 5.41) is 12.2. The van der Waals surface area contributed by atoms with Crippen LogP contribution >= 0.6 is 0 Å². The predicted molar refractivity (Wildman–Crippen MR) is 141 cm³/mol. The highest BCUT2D eigenvalue weighted by molar-refractivity contribution is 5.99. The van der Waals surface area contributed by atoms with E-state index in [9.17, 15) is 19.6 Å². The topological polar surface area (TPSA) is 118 Å². The van der Waals surface area contributed by atoms with E-state index in [1.807, 2.05) is 27.7 Å². The van der Waals surface area contributed by atoms with Gasteiger partial charge in [-0.25, -0.2) is 4.79 Å². The zero-order valence-corrected chi connectivity index (χ0v) is 20.5. The number of carbonyl (C=O) groups is 1. The Balaban J connectivity index is 1.67. The van der Waals surface area contributed by atoms with Gasteiger partial charge >= 0.3 is 5.69 Å². The number of aryl methyl sites for hydroxylation is 1. The molecule has 1 atom stereocenters. The highest BCUT2D eigenvalue weighted by atomic mass is 16.2. The lowest BCUT2D eigenvalue weighted by Gasteiger charge is -2.33. The number of carbonyl (C=O) groups excluding carboxylic acids is 1. The standard InChI is InChI=1S/C27H25N7O3/c1-4-22(35)29-20-10-7-11-21(12-20)32-14-17(2)15-33-23-24(30-26(32)33)31(3)27(37)34(25(23)36)16-19-9-6-5-8-18(19)13-28/h4-12,17H,1,14-16H2,2-3H3,(H,29,35). The molecule has 1 aliphatic heterocycles. The number of aromatic nitrogens is 4. The summed E-state index contributed by atoms with van der Waals surface area (Å²) in [6.45, 7) is 6.74. The summed E-state index contributed by atoms with van der Waals surface area (Å²) in [7, 11) is 1.59. The van der Waals surface area contributed by atoms with Crippen LogP contribution < -0.4 is 21.5 Å². The van der Waals surface area contributed by atoms with Crippen LogP contribution in [0.2, 0.25) is 0 Å². The first-order valence-electron chi connectivity index (χ1n) is 11.8. The van der Waals surface area contributed by atoms with Crippen molar-refractivity contribution < 1.29 is 4.79 Å². The number of nitrogens with one attached hydrogen (secondary N) is 1. The Morgan fingerprint density at radius 3 is 2.76 bits per heavy atom. The molecule has 10 nitrogen and oxygen atoms in total. The van der Waals surface area contributed by atoms with Crippen molar-refractivity contribution in [3.05, 3.63) is 93.2 Å². The maximum atomic E-state index is 13.7. The number of amides is 1. The normalized spacial score (nSPS) is 14.7. The van der Waals surface area contributed by atoms with Gasteiger partial charge in [-0.05, 0) is 41.8 Å². The molecule has 0 saturated carbocycles. The number of anilines is 3. The van der Waals surface area contributed by atoms with Crippen LogP contribution in [0.4, 0.5) is 17.3 Å². The lowest BCUT2D eigenvalue weighted by atomic mass is 10.1. The Kier molecular flexibility index (Phi) is 5.97. The van der Waals surface area contributed by atoms with Gasteiger partial charge in [0.25, 0.3) is 5.56 Å². The van der Waals surface area contributed by atoms with E-state index in [0.717, 1.165) is 10.3 Å². The molecule has 0 bridgehead atoms. The Morgan fingerprint density at radius 2 is 2.00 bits per heavy atom. The number of rotatable bonds is 5. The SMILES string of the molecule is C=CC(=O)Nc1cccc(N2CC(C)Cn3c2nc2c3c(=O)n(Cc3ccccc3C#N)c(=O)n2C)c1. The number of nitrogens with zero attached hydrogens (tertiary/aromatic N) is 6. The quantitative estimate of drug-likeness (QED) is 0.426. The number of benzene rings is 2. The Hall–Kier alpha value is -4.91. The molecular weight excluding hydrogens is 470 g/mol. The van der Waals surface area contributed by atoms with E-state index in [0.29, 0.717) is 47.0 Å². The van der Waals surface area contributed by atoms with Crippen LogP contribution in [-0.2, 0) is 24.9 Å². The highest BCUT2D eigenvalue weighted by Crippen LogP contribution is 2.33. The zero-order chi connectivity index (χ0) is 26.3. The Labute approximate surface area is 212 Å². The molecule has 0 radical (unpaired) electrons. The van der Waals surface area contributed by atoms with E-state index in [-0.39, 0.29) is 18.4 Å². The lowest BCUT2D eigenvalue weighted by Crippen LogP contribution is -2.40. The fourth-order valence-electron chi connectivity index (χ4n) is 4.74. The van der Waals surface area contributed by atoms with Crippen LogP contribution in [-0.4, -0.2) is 31.1 Å². The summed E-state index contributed by atoms with van der Waals surface area (Å²) in [4.78, 5) is 45.5. The van der Waals surface area contributed by atoms with Gasteiger partial charge in [0.2, 0.25) is 11.9 Å². The van der Waals surface area contributed by atoms with Crippen LogP contribution in [0.15, 0.2) is 70.8 Å². The maximum absolute atomic E-state index is 13.7. The molecule has 1 aliphatic rings. The van der Waals surface area contributed by atoms with Crippen molar-refractivity contribution in [3.8, 4) is 6.07 Å². The first-order chi connectivity index (χ1) is 17.8. The van der Waals surface area contributed by atoms with Crippen LogP contribution in [0.1, 0.15) is 18.1 Å². The van der Waals surface area contributed by atoms with Crippen LogP contribution in [0.25, 0.3) is 11.2 Å². The minimum Gasteiger partial charge on any atom is -0.322 e. The van der Waals surface area contributed by atoms with Gasteiger partial charge in [0.05, 0.1) is 18.2 Å². The van der Waals surface area contributed by atoms with Crippen LogP contribution in [0.5, 0.6) is 0 Å². The second kappa shape index (κ2) is 9.28. The highest BCUT2D eigenvalue weighted by Gasteiger charge is 2.30. The molecule has 37 heavy (non-hydrogen) atoms. The number of fused-ring (bicyclic) bond motifs is 3. The molecule has 1 amide bonds. The molecule has 0 aliphatic carbocycles. The summed E-state index contributed by atoms with van der Waals surface area (Å²) >= 11 is 0. The molecular formula is C27H25N7O3. The van der Waals surface area contributed by atoms with E-state index < -0.39 is 11.2 Å². The third-order valence-corrected chi connectivity index (χ3v) is 6.52. The molecule has 2 aromatic heterocycles. The molecule has 1 N–H and O–H groups in total. The van der Waals surface area contributed by atoms with Crippen molar-refractivity contribution in [2.45, 2.75) is 20.0 Å². The Morgan fingerprint density at radius 1 is 1.22 bits per heavy atom. The van der Waals surface area contributed by atoms with E-state index in [1.54, 1.807) is 37.4 Å². The molecule has 5 rings (SSSR count). The van der Waals surface area contributed by atoms with Gasteiger partial charge in [-0.1, -0.05) is 37.8 Å². The van der Waals surface area contributed by atoms with Gasteiger partial charge < -0.3 is 14.8 Å². The van der Waals surface area contributed by atoms with E-state index in [1.165, 1.54) is 10.6 Å². The molecule has 3 heterocycles. The lowest BCUT2D eigenvalue weighted by molar-refractivity contribution is -0.111. The molecule has 0 saturated heterocycles. The molecule has 2 aromatic carbocycles. The van der Waals surface area contributed by atoms with Crippen molar-refractivity contribution in [1.29, 1.82) is 5.26 Å². The number of nitriles is 1. The number of hydrogen-bond donors (Lipinski definition) is 1. The summed E-state index contributed by atoms with van der Waals surface area (Å²) in [6, 6.07) is 16.4. The largest absolute Gasteiger partial charge is 0.332 e. The molecule has 0 spiro atoms. The van der Waals surface area contributed by atoms with Crippen LogP contribution in [0.3, 0.4) is 0 Å². The average Bonchev–Trinajstić information content (AvgIpc) is 3.29. The third-order valence-electron chi connectivity index (χ3n) is 6.52. The van der Waals surface area contributed by atoms with Crippen molar-refractivity contribution in [2.24, 2.45) is 13.0 Å². The number of hydrogen-bond acceptors (Lipinski definition) is 6. The molecule has 1 unspecified atom stereocenters. The Bertz CT molecular complexity index is 1720. The van der Waals surface area contributed by atoms with E-state index >= 15 is 0 Å². The maximum Gasteiger partial charge on any atom is 0.332 e. The van der Waals surface area contributed by atoms with Gasteiger partial charge in [-0.15, -0.1) is 0 Å². The van der Waals surface area contributed by atoms with Crippen LogP contribution in [0, 0.1) is 17.2 Å². The van der Waals surface area contributed by atoms with Gasteiger partial charge in [-0.2, -0.15) is 10.2 Å². The molecule has 0 fully saturated rings. The molecule has 4 aromatic rings. The van der Waals surface area contributed by atoms with Crippen molar-refractivity contribution in [3.63, 3.8) is 0 Å². The van der Waals surface area contributed by atoms with Gasteiger partial charge in [-0.3, -0.25) is 18.7 Å². The second-order valence-electron chi connectivity index (χ2n) is 9.16. The van der Waals surface area contributed by atoms with Crippen molar-refractivity contribution in [2.75, 3.05) is 16.8 Å². The fourth-order valence-corrected chi connectivity index (χ4v) is 4.74. The monoisotopic (exact) mass is 495 g/mol. The summed E-state index contributed by atoms with van der Waals surface area (Å²) < 4.78 is 4.39. The van der Waals surface area contributed by atoms with E-state index in [2.05, 4.69) is 24.9 Å². The minimum absolute atomic E-state index is 0.0178. The van der Waals surface area contributed by atoms with Gasteiger partial charge in [0.1, 0.15) is 0 Å². The van der Waals surface area contributed by atoms with Crippen molar-refractivity contribution in [1.82, 2.24) is 18.7 Å². The average molecular weight is 496 g/mol. The predicted octanol–water partition coefficient (Wildman–Crippen LogP) is 2.73. The fraction of sp³-hybridized carbons (Fsp3) is 0.222.